The van der Waals surface area contributed by atoms with E-state index in [1.807, 2.05) is 6.07 Å². The van der Waals surface area contributed by atoms with Crippen molar-refractivity contribution in [2.75, 3.05) is 0 Å². The van der Waals surface area contributed by atoms with E-state index in [1.165, 1.54) is 6.07 Å². The molecule has 1 rings (SSSR count). The minimum absolute atomic E-state index is 0.162. The third-order valence-corrected chi connectivity index (χ3v) is 2.92. The van der Waals surface area contributed by atoms with Gasteiger partial charge in [0.15, 0.2) is 0 Å². The van der Waals surface area contributed by atoms with Crippen molar-refractivity contribution in [3.8, 4) is 0 Å². The fourth-order valence-electron chi connectivity index (χ4n) is 1.71. The number of rotatable bonds is 6. The first-order valence-corrected chi connectivity index (χ1v) is 6.13. The molecule has 1 unspecified atom stereocenters. The summed E-state index contributed by atoms with van der Waals surface area (Å²) in [5.74, 6) is -0.367. The van der Waals surface area contributed by atoms with E-state index in [0.717, 1.165) is 37.7 Å². The van der Waals surface area contributed by atoms with Crippen LogP contribution in [-0.4, -0.2) is 11.2 Å². The van der Waals surface area contributed by atoms with Gasteiger partial charge in [0.05, 0.1) is 11.1 Å². The molecule has 0 radical (unpaired) electrons. The highest BCUT2D eigenvalue weighted by atomic mass is 35.5. The Bertz CT molecular complexity index is 328. The molecule has 0 saturated carbocycles. The predicted molar refractivity (Wildman–Crippen MR) is 65.3 cm³/mol. The van der Waals surface area contributed by atoms with Crippen LogP contribution in [0.1, 0.15) is 38.2 Å². The summed E-state index contributed by atoms with van der Waals surface area (Å²) in [6.07, 6.45) is 4.06. The maximum atomic E-state index is 13.1. The first kappa shape index (κ1) is 13.5. The molecule has 0 bridgehead atoms. The number of aryl methyl sites for hydroxylation is 1. The van der Waals surface area contributed by atoms with Crippen LogP contribution in [0.3, 0.4) is 0 Å². The van der Waals surface area contributed by atoms with Gasteiger partial charge in [-0.15, -0.1) is 0 Å². The monoisotopic (exact) mass is 244 g/mol. The number of aliphatic hydroxyl groups excluding tert-OH is 1. The first-order chi connectivity index (χ1) is 7.63. The lowest BCUT2D eigenvalue weighted by atomic mass is 10.0. The lowest BCUT2D eigenvalue weighted by molar-refractivity contribution is 0.151. The molecule has 0 fully saturated rings. The fourth-order valence-corrected chi connectivity index (χ4v) is 1.83. The lowest BCUT2D eigenvalue weighted by Crippen LogP contribution is -2.05. The Labute approximate surface area is 101 Å². The van der Waals surface area contributed by atoms with E-state index in [2.05, 4.69) is 6.92 Å². The smallest absolute Gasteiger partial charge is 0.142 e. The first-order valence-electron chi connectivity index (χ1n) is 5.75. The zero-order valence-corrected chi connectivity index (χ0v) is 10.3. The zero-order valence-electron chi connectivity index (χ0n) is 9.55. The van der Waals surface area contributed by atoms with Crippen LogP contribution in [0.2, 0.25) is 5.02 Å². The molecule has 0 aliphatic carbocycles. The molecule has 16 heavy (non-hydrogen) atoms. The van der Waals surface area contributed by atoms with Crippen LogP contribution < -0.4 is 0 Å². The average molecular weight is 245 g/mol. The highest BCUT2D eigenvalue weighted by Crippen LogP contribution is 2.17. The van der Waals surface area contributed by atoms with E-state index in [1.54, 1.807) is 6.07 Å². The number of benzene rings is 1. The van der Waals surface area contributed by atoms with Gasteiger partial charge in [0.25, 0.3) is 0 Å². The van der Waals surface area contributed by atoms with Crippen molar-refractivity contribution in [3.05, 3.63) is 34.6 Å². The average Bonchev–Trinajstić information content (AvgIpc) is 2.24. The van der Waals surface area contributed by atoms with Crippen LogP contribution in [-0.2, 0) is 6.42 Å². The van der Waals surface area contributed by atoms with Crippen molar-refractivity contribution < 1.29 is 9.50 Å². The molecule has 3 heteroatoms. The summed E-state index contributed by atoms with van der Waals surface area (Å²) < 4.78 is 13.1. The molecular weight excluding hydrogens is 227 g/mol. The minimum atomic E-state index is -0.367. The summed E-state index contributed by atoms with van der Waals surface area (Å²) in [7, 11) is 0. The van der Waals surface area contributed by atoms with Crippen LogP contribution in [0.15, 0.2) is 18.2 Å². The van der Waals surface area contributed by atoms with Crippen LogP contribution in [0.4, 0.5) is 4.39 Å². The molecule has 0 amide bonds. The molecule has 1 nitrogen and oxygen atoms in total. The van der Waals surface area contributed by atoms with Crippen molar-refractivity contribution in [2.24, 2.45) is 0 Å². The molecule has 0 aliphatic heterocycles. The Morgan fingerprint density at radius 1 is 1.38 bits per heavy atom. The van der Waals surface area contributed by atoms with Crippen LogP contribution in [0.25, 0.3) is 0 Å². The van der Waals surface area contributed by atoms with Gasteiger partial charge in [0.2, 0.25) is 0 Å². The van der Waals surface area contributed by atoms with E-state index < -0.39 is 0 Å². The van der Waals surface area contributed by atoms with Crippen molar-refractivity contribution in [1.82, 2.24) is 0 Å². The quantitative estimate of drug-likeness (QED) is 0.803. The van der Waals surface area contributed by atoms with E-state index >= 15 is 0 Å². The van der Waals surface area contributed by atoms with E-state index in [4.69, 9.17) is 11.6 Å². The summed E-state index contributed by atoms with van der Waals surface area (Å²) in [4.78, 5) is 0. The Morgan fingerprint density at radius 3 is 2.75 bits per heavy atom. The number of aliphatic hydroxyl groups is 1. The zero-order chi connectivity index (χ0) is 12.0. The van der Waals surface area contributed by atoms with Crippen LogP contribution in [0.5, 0.6) is 0 Å². The SMILES string of the molecule is CCCC(O)CCCc1ccc(Cl)c(F)c1. The summed E-state index contributed by atoms with van der Waals surface area (Å²) in [5.41, 5.74) is 0.936. The van der Waals surface area contributed by atoms with Crippen molar-refractivity contribution in [2.45, 2.75) is 45.1 Å². The van der Waals surface area contributed by atoms with Crippen LogP contribution in [0, 0.1) is 5.82 Å². The minimum Gasteiger partial charge on any atom is -0.393 e. The normalized spacial score (nSPS) is 12.8. The van der Waals surface area contributed by atoms with E-state index in [0.29, 0.717) is 0 Å². The number of hydrogen-bond donors (Lipinski definition) is 1. The fraction of sp³-hybridized carbons (Fsp3) is 0.538. The Hall–Kier alpha value is -0.600. The number of halogens is 2. The second kappa shape index (κ2) is 6.87. The van der Waals surface area contributed by atoms with Gasteiger partial charge in [-0.25, -0.2) is 4.39 Å². The largest absolute Gasteiger partial charge is 0.393 e. The van der Waals surface area contributed by atoms with Gasteiger partial charge in [0, 0.05) is 0 Å². The summed E-state index contributed by atoms with van der Waals surface area (Å²) >= 11 is 5.59. The van der Waals surface area contributed by atoms with E-state index in [9.17, 15) is 9.50 Å². The molecular formula is C13H18ClFO. The second-order valence-corrected chi connectivity index (χ2v) is 4.49. The van der Waals surface area contributed by atoms with Gasteiger partial charge in [-0.05, 0) is 43.4 Å². The van der Waals surface area contributed by atoms with Gasteiger partial charge in [-0.3, -0.25) is 0 Å². The molecule has 0 heterocycles. The predicted octanol–water partition coefficient (Wildman–Crippen LogP) is 3.96. The maximum Gasteiger partial charge on any atom is 0.142 e. The topological polar surface area (TPSA) is 20.2 Å². The van der Waals surface area contributed by atoms with Gasteiger partial charge in [-0.2, -0.15) is 0 Å². The van der Waals surface area contributed by atoms with E-state index in [-0.39, 0.29) is 16.9 Å². The molecule has 0 spiro atoms. The summed E-state index contributed by atoms with van der Waals surface area (Å²) in [5, 5.41) is 9.69. The second-order valence-electron chi connectivity index (χ2n) is 4.08. The molecule has 0 aromatic heterocycles. The Kier molecular flexibility index (Phi) is 5.78. The molecule has 1 aromatic rings. The van der Waals surface area contributed by atoms with Gasteiger partial charge < -0.3 is 5.11 Å². The third-order valence-electron chi connectivity index (χ3n) is 2.61. The van der Waals surface area contributed by atoms with Gasteiger partial charge >= 0.3 is 0 Å². The highest BCUT2D eigenvalue weighted by molar-refractivity contribution is 6.30. The highest BCUT2D eigenvalue weighted by Gasteiger charge is 2.04. The Morgan fingerprint density at radius 2 is 2.12 bits per heavy atom. The van der Waals surface area contributed by atoms with Crippen molar-refractivity contribution in [3.63, 3.8) is 0 Å². The third kappa shape index (κ3) is 4.50. The van der Waals surface area contributed by atoms with Gasteiger partial charge in [-0.1, -0.05) is 31.0 Å². The molecule has 0 saturated heterocycles. The number of hydrogen-bond acceptors (Lipinski definition) is 1. The van der Waals surface area contributed by atoms with Gasteiger partial charge in [0.1, 0.15) is 5.82 Å². The molecule has 1 aromatic carbocycles. The lowest BCUT2D eigenvalue weighted by Gasteiger charge is -2.08. The van der Waals surface area contributed by atoms with Crippen molar-refractivity contribution >= 4 is 11.6 Å². The molecule has 0 aliphatic rings. The molecule has 1 atom stereocenters. The molecule has 90 valence electrons. The Balaban J connectivity index is 2.34. The summed E-state index contributed by atoms with van der Waals surface area (Å²) in [6, 6.07) is 4.88. The summed E-state index contributed by atoms with van der Waals surface area (Å²) in [6.45, 7) is 2.05. The van der Waals surface area contributed by atoms with Crippen molar-refractivity contribution in [1.29, 1.82) is 0 Å². The molecule has 1 N–H and O–H groups in total. The standard InChI is InChI=1S/C13H18ClFO/c1-2-4-11(16)6-3-5-10-7-8-12(14)13(15)9-10/h7-9,11,16H,2-6H2,1H3. The van der Waals surface area contributed by atoms with Crippen LogP contribution >= 0.6 is 11.6 Å². The maximum absolute atomic E-state index is 13.1.